The van der Waals surface area contributed by atoms with Crippen molar-refractivity contribution in [3.05, 3.63) is 36.4 Å². The fourth-order valence-electron chi connectivity index (χ4n) is 1.45. The van der Waals surface area contributed by atoms with Crippen molar-refractivity contribution < 1.29 is 14.6 Å². The number of benzene rings is 2. The smallest absolute Gasteiger partial charge is 0.188 e. The van der Waals surface area contributed by atoms with Gasteiger partial charge >= 0.3 is 0 Å². The van der Waals surface area contributed by atoms with Crippen LogP contribution in [0.5, 0.6) is 11.5 Å². The molecule has 2 aromatic carbocycles. The standard InChI is InChI=1S/C12H12O3/c1-14-8-15-12-7-10-5-3-2-4-9(10)6-11(12)13/h2-7,13H,8H2,1H3. The largest absolute Gasteiger partial charge is 0.504 e. The Kier molecular flexibility index (Phi) is 2.74. The molecule has 0 saturated carbocycles. The molecule has 0 fully saturated rings. The molecule has 0 aliphatic carbocycles. The molecule has 0 amide bonds. The van der Waals surface area contributed by atoms with Crippen molar-refractivity contribution in [2.24, 2.45) is 0 Å². The third-order valence-corrected chi connectivity index (χ3v) is 2.16. The van der Waals surface area contributed by atoms with Crippen LogP contribution in [-0.2, 0) is 4.74 Å². The molecule has 0 unspecified atom stereocenters. The number of hydrogen-bond acceptors (Lipinski definition) is 3. The number of phenolic OH excluding ortho intramolecular Hbond substituents is 1. The minimum Gasteiger partial charge on any atom is -0.504 e. The van der Waals surface area contributed by atoms with E-state index in [0.29, 0.717) is 5.75 Å². The maximum Gasteiger partial charge on any atom is 0.188 e. The molecule has 0 saturated heterocycles. The van der Waals surface area contributed by atoms with Crippen LogP contribution in [0.4, 0.5) is 0 Å². The molecule has 0 heterocycles. The predicted molar refractivity (Wildman–Crippen MR) is 58.1 cm³/mol. The van der Waals surface area contributed by atoms with Crippen LogP contribution in [0.25, 0.3) is 10.8 Å². The summed E-state index contributed by atoms with van der Waals surface area (Å²) in [5.41, 5.74) is 0. The minimum absolute atomic E-state index is 0.130. The van der Waals surface area contributed by atoms with E-state index in [0.717, 1.165) is 10.8 Å². The Hall–Kier alpha value is -1.74. The number of phenols is 1. The number of fused-ring (bicyclic) bond motifs is 1. The summed E-state index contributed by atoms with van der Waals surface area (Å²) in [5, 5.41) is 11.7. The zero-order chi connectivity index (χ0) is 10.7. The molecule has 0 aromatic heterocycles. The van der Waals surface area contributed by atoms with Crippen LogP contribution in [0.15, 0.2) is 36.4 Å². The van der Waals surface area contributed by atoms with Gasteiger partial charge in [-0.2, -0.15) is 0 Å². The first-order chi connectivity index (χ1) is 7.31. The van der Waals surface area contributed by atoms with Crippen LogP contribution in [-0.4, -0.2) is 19.0 Å². The molecular weight excluding hydrogens is 192 g/mol. The summed E-state index contributed by atoms with van der Waals surface area (Å²) in [6.45, 7) is 0.131. The van der Waals surface area contributed by atoms with Gasteiger partial charge in [0.25, 0.3) is 0 Å². The van der Waals surface area contributed by atoms with Gasteiger partial charge in [0.2, 0.25) is 0 Å². The van der Waals surface area contributed by atoms with Gasteiger partial charge in [-0.3, -0.25) is 0 Å². The van der Waals surface area contributed by atoms with Crippen molar-refractivity contribution >= 4 is 10.8 Å². The molecule has 0 aliphatic heterocycles. The summed E-state index contributed by atoms with van der Waals surface area (Å²) < 4.78 is 10.0. The third-order valence-electron chi connectivity index (χ3n) is 2.16. The summed E-state index contributed by atoms with van der Waals surface area (Å²) in [7, 11) is 1.54. The molecule has 0 radical (unpaired) electrons. The van der Waals surface area contributed by atoms with E-state index in [1.165, 1.54) is 7.11 Å². The molecule has 0 atom stereocenters. The van der Waals surface area contributed by atoms with Gasteiger partial charge in [0.1, 0.15) is 0 Å². The maximum absolute atomic E-state index is 9.65. The van der Waals surface area contributed by atoms with Crippen LogP contribution < -0.4 is 4.74 Å². The fourth-order valence-corrected chi connectivity index (χ4v) is 1.45. The van der Waals surface area contributed by atoms with Gasteiger partial charge in [-0.1, -0.05) is 24.3 Å². The highest BCUT2D eigenvalue weighted by Gasteiger charge is 2.04. The Morgan fingerprint density at radius 3 is 2.47 bits per heavy atom. The lowest BCUT2D eigenvalue weighted by Crippen LogP contribution is -1.98. The van der Waals surface area contributed by atoms with Crippen LogP contribution in [0.1, 0.15) is 0 Å². The van der Waals surface area contributed by atoms with Gasteiger partial charge in [0, 0.05) is 7.11 Å². The van der Waals surface area contributed by atoms with E-state index in [4.69, 9.17) is 9.47 Å². The number of hydrogen-bond donors (Lipinski definition) is 1. The van der Waals surface area contributed by atoms with Crippen LogP contribution in [0, 0.1) is 0 Å². The summed E-state index contributed by atoms with van der Waals surface area (Å²) in [4.78, 5) is 0. The van der Waals surface area contributed by atoms with Crippen molar-refractivity contribution in [2.75, 3.05) is 13.9 Å². The molecule has 15 heavy (non-hydrogen) atoms. The van der Waals surface area contributed by atoms with Gasteiger partial charge in [-0.25, -0.2) is 0 Å². The summed E-state index contributed by atoms with van der Waals surface area (Å²) in [6.07, 6.45) is 0. The van der Waals surface area contributed by atoms with Crippen molar-refractivity contribution in [3.8, 4) is 11.5 Å². The molecule has 0 bridgehead atoms. The van der Waals surface area contributed by atoms with Gasteiger partial charge in [0.05, 0.1) is 0 Å². The second kappa shape index (κ2) is 4.19. The Morgan fingerprint density at radius 1 is 1.13 bits per heavy atom. The molecule has 78 valence electrons. The molecule has 2 aromatic rings. The van der Waals surface area contributed by atoms with E-state index in [1.54, 1.807) is 12.1 Å². The lowest BCUT2D eigenvalue weighted by molar-refractivity contribution is 0.0493. The Labute approximate surface area is 87.9 Å². The van der Waals surface area contributed by atoms with E-state index in [-0.39, 0.29) is 12.5 Å². The quantitative estimate of drug-likeness (QED) is 0.781. The van der Waals surface area contributed by atoms with E-state index >= 15 is 0 Å². The fraction of sp³-hybridized carbons (Fsp3) is 0.167. The molecule has 2 rings (SSSR count). The van der Waals surface area contributed by atoms with E-state index < -0.39 is 0 Å². The number of aromatic hydroxyl groups is 1. The third kappa shape index (κ3) is 2.02. The first-order valence-electron chi connectivity index (χ1n) is 4.65. The molecule has 1 N–H and O–H groups in total. The van der Waals surface area contributed by atoms with Crippen molar-refractivity contribution in [1.82, 2.24) is 0 Å². The summed E-state index contributed by atoms with van der Waals surface area (Å²) >= 11 is 0. The Balaban J connectivity index is 2.43. The molecule has 3 heteroatoms. The van der Waals surface area contributed by atoms with Crippen molar-refractivity contribution in [3.63, 3.8) is 0 Å². The monoisotopic (exact) mass is 204 g/mol. The zero-order valence-electron chi connectivity index (χ0n) is 8.43. The average Bonchev–Trinajstić information content (AvgIpc) is 2.26. The topological polar surface area (TPSA) is 38.7 Å². The highest BCUT2D eigenvalue weighted by molar-refractivity contribution is 5.85. The normalized spacial score (nSPS) is 10.5. The number of methoxy groups -OCH3 is 1. The maximum atomic E-state index is 9.65. The van der Waals surface area contributed by atoms with Crippen LogP contribution in [0.2, 0.25) is 0 Å². The summed E-state index contributed by atoms with van der Waals surface area (Å²) in [6, 6.07) is 11.3. The van der Waals surface area contributed by atoms with Gasteiger partial charge in [-0.15, -0.1) is 0 Å². The Bertz CT molecular complexity index is 465. The molecule has 3 nitrogen and oxygen atoms in total. The molecular formula is C12H12O3. The lowest BCUT2D eigenvalue weighted by Gasteiger charge is -2.08. The average molecular weight is 204 g/mol. The first-order valence-corrected chi connectivity index (χ1v) is 4.65. The van der Waals surface area contributed by atoms with Gasteiger partial charge < -0.3 is 14.6 Å². The van der Waals surface area contributed by atoms with Crippen molar-refractivity contribution in [2.45, 2.75) is 0 Å². The zero-order valence-corrected chi connectivity index (χ0v) is 8.43. The first kappa shape index (κ1) is 9.80. The van der Waals surface area contributed by atoms with E-state index in [9.17, 15) is 5.11 Å². The van der Waals surface area contributed by atoms with E-state index in [1.807, 2.05) is 24.3 Å². The van der Waals surface area contributed by atoms with Crippen molar-refractivity contribution in [1.29, 1.82) is 0 Å². The number of ether oxygens (including phenoxy) is 2. The van der Waals surface area contributed by atoms with Crippen LogP contribution in [0.3, 0.4) is 0 Å². The highest BCUT2D eigenvalue weighted by Crippen LogP contribution is 2.31. The molecule has 0 spiro atoms. The Morgan fingerprint density at radius 2 is 1.80 bits per heavy atom. The van der Waals surface area contributed by atoms with Gasteiger partial charge in [-0.05, 0) is 22.9 Å². The van der Waals surface area contributed by atoms with Crippen LogP contribution >= 0.6 is 0 Å². The number of rotatable bonds is 3. The highest BCUT2D eigenvalue weighted by atomic mass is 16.7. The SMILES string of the molecule is COCOc1cc2ccccc2cc1O. The summed E-state index contributed by atoms with van der Waals surface area (Å²) in [5.74, 6) is 0.571. The minimum atomic E-state index is 0.130. The second-order valence-electron chi connectivity index (χ2n) is 3.22. The van der Waals surface area contributed by atoms with Gasteiger partial charge in [0.15, 0.2) is 18.3 Å². The lowest BCUT2D eigenvalue weighted by atomic mass is 10.1. The van der Waals surface area contributed by atoms with E-state index in [2.05, 4.69) is 0 Å². The predicted octanol–water partition coefficient (Wildman–Crippen LogP) is 2.53. The molecule has 0 aliphatic rings. The second-order valence-corrected chi connectivity index (χ2v) is 3.22.